The normalized spacial score (nSPS) is 10.9. The maximum absolute atomic E-state index is 9.89. The highest BCUT2D eigenvalue weighted by Crippen LogP contribution is 2.35. The first kappa shape index (κ1) is 16.4. The molecule has 2 aromatic carbocycles. The Morgan fingerprint density at radius 3 is 2.41 bits per heavy atom. The van der Waals surface area contributed by atoms with Crippen molar-refractivity contribution in [1.29, 1.82) is 0 Å². The van der Waals surface area contributed by atoms with E-state index in [0.29, 0.717) is 23.4 Å². The van der Waals surface area contributed by atoms with Crippen LogP contribution in [0.1, 0.15) is 19.4 Å². The van der Waals surface area contributed by atoms with Gasteiger partial charge in [-0.1, -0.05) is 0 Å². The Kier molecular flexibility index (Phi) is 5.83. The van der Waals surface area contributed by atoms with Crippen molar-refractivity contribution in [3.05, 3.63) is 46.4 Å². The van der Waals surface area contributed by atoms with E-state index < -0.39 is 0 Å². The second kappa shape index (κ2) is 7.84. The molecule has 5 heteroatoms. The van der Waals surface area contributed by atoms with Gasteiger partial charge in [-0.3, -0.25) is 4.99 Å². The Morgan fingerprint density at radius 1 is 1.09 bits per heavy atom. The van der Waals surface area contributed by atoms with Crippen molar-refractivity contribution in [1.82, 2.24) is 0 Å². The first-order valence-corrected chi connectivity index (χ1v) is 7.85. The number of aliphatic imine (C=N–C) groups is 1. The van der Waals surface area contributed by atoms with Gasteiger partial charge in [0, 0.05) is 6.21 Å². The van der Waals surface area contributed by atoms with Gasteiger partial charge in [-0.2, -0.15) is 0 Å². The molecule has 0 spiro atoms. The summed E-state index contributed by atoms with van der Waals surface area (Å²) in [5, 5.41) is 9.89. The molecule has 0 amide bonds. The number of nitrogens with zero attached hydrogens (tertiary/aromatic N) is 1. The van der Waals surface area contributed by atoms with Crippen LogP contribution in [0.15, 0.2) is 45.9 Å². The lowest BCUT2D eigenvalue weighted by atomic mass is 10.2. The molecule has 0 fully saturated rings. The Bertz CT molecular complexity index is 654. The van der Waals surface area contributed by atoms with E-state index in [1.807, 2.05) is 38.1 Å². The molecule has 0 radical (unpaired) electrons. The molecule has 4 nitrogen and oxygen atoms in total. The number of hydrogen-bond donors (Lipinski definition) is 1. The summed E-state index contributed by atoms with van der Waals surface area (Å²) in [5.41, 5.74) is 1.66. The van der Waals surface area contributed by atoms with Gasteiger partial charge in [-0.05, 0) is 71.7 Å². The summed E-state index contributed by atoms with van der Waals surface area (Å²) in [7, 11) is 0. The number of benzene rings is 2. The van der Waals surface area contributed by atoms with Gasteiger partial charge in [-0.25, -0.2) is 0 Å². The highest BCUT2D eigenvalue weighted by molar-refractivity contribution is 9.10. The molecule has 0 bridgehead atoms. The lowest BCUT2D eigenvalue weighted by Crippen LogP contribution is -1.94. The third kappa shape index (κ3) is 4.24. The van der Waals surface area contributed by atoms with E-state index in [2.05, 4.69) is 20.9 Å². The predicted octanol–water partition coefficient (Wildman–Crippen LogP) is 4.70. The quantitative estimate of drug-likeness (QED) is 0.756. The molecular weight excluding hydrogens is 346 g/mol. The summed E-state index contributed by atoms with van der Waals surface area (Å²) < 4.78 is 11.4. The predicted molar refractivity (Wildman–Crippen MR) is 91.8 cm³/mol. The summed E-state index contributed by atoms with van der Waals surface area (Å²) in [5.74, 6) is 1.36. The van der Waals surface area contributed by atoms with E-state index in [9.17, 15) is 5.11 Å². The van der Waals surface area contributed by atoms with E-state index in [0.717, 1.165) is 17.0 Å². The lowest BCUT2D eigenvalue weighted by Gasteiger charge is -2.08. The fourth-order valence-corrected chi connectivity index (χ4v) is 2.34. The molecule has 0 unspecified atom stereocenters. The molecule has 0 aromatic heterocycles. The minimum Gasteiger partial charge on any atom is -0.503 e. The van der Waals surface area contributed by atoms with Gasteiger partial charge in [0.15, 0.2) is 11.5 Å². The monoisotopic (exact) mass is 363 g/mol. The average molecular weight is 364 g/mol. The van der Waals surface area contributed by atoms with Crippen LogP contribution in [0.25, 0.3) is 0 Å². The maximum atomic E-state index is 9.89. The van der Waals surface area contributed by atoms with Gasteiger partial charge in [0.05, 0.1) is 23.4 Å². The third-order valence-corrected chi connectivity index (χ3v) is 3.47. The molecule has 0 saturated heterocycles. The van der Waals surface area contributed by atoms with Crippen LogP contribution in [-0.2, 0) is 0 Å². The van der Waals surface area contributed by atoms with Gasteiger partial charge in [0.2, 0.25) is 0 Å². The van der Waals surface area contributed by atoms with E-state index in [-0.39, 0.29) is 5.75 Å². The summed E-state index contributed by atoms with van der Waals surface area (Å²) >= 11 is 3.31. The highest BCUT2D eigenvalue weighted by Gasteiger charge is 2.08. The topological polar surface area (TPSA) is 51.0 Å². The fourth-order valence-electron chi connectivity index (χ4n) is 1.88. The van der Waals surface area contributed by atoms with Crippen molar-refractivity contribution in [2.45, 2.75) is 13.8 Å². The van der Waals surface area contributed by atoms with E-state index >= 15 is 0 Å². The Hall–Kier alpha value is -2.01. The number of aromatic hydroxyl groups is 1. The van der Waals surface area contributed by atoms with Crippen LogP contribution >= 0.6 is 15.9 Å². The lowest BCUT2D eigenvalue weighted by molar-refractivity contribution is 0.317. The number of hydrogen-bond acceptors (Lipinski definition) is 4. The van der Waals surface area contributed by atoms with Crippen molar-refractivity contribution in [2.75, 3.05) is 13.2 Å². The Morgan fingerprint density at radius 2 is 1.77 bits per heavy atom. The minimum absolute atomic E-state index is 0.0973. The molecule has 0 heterocycles. The number of halogens is 1. The van der Waals surface area contributed by atoms with E-state index in [4.69, 9.17) is 9.47 Å². The molecule has 0 aliphatic carbocycles. The zero-order chi connectivity index (χ0) is 15.9. The number of ether oxygens (including phenoxy) is 2. The van der Waals surface area contributed by atoms with Crippen LogP contribution in [0.4, 0.5) is 5.69 Å². The summed E-state index contributed by atoms with van der Waals surface area (Å²) in [6.45, 7) is 4.95. The van der Waals surface area contributed by atoms with E-state index in [1.54, 1.807) is 18.3 Å². The molecule has 0 aliphatic heterocycles. The zero-order valence-corrected chi connectivity index (χ0v) is 14.1. The van der Waals surface area contributed by atoms with Crippen LogP contribution in [0.5, 0.6) is 17.2 Å². The number of rotatable bonds is 6. The van der Waals surface area contributed by atoms with Gasteiger partial charge < -0.3 is 14.6 Å². The first-order chi connectivity index (χ1) is 10.6. The van der Waals surface area contributed by atoms with Crippen molar-refractivity contribution in [2.24, 2.45) is 4.99 Å². The van der Waals surface area contributed by atoms with Gasteiger partial charge in [0.1, 0.15) is 5.75 Å². The minimum atomic E-state index is 0.0973. The number of phenols is 1. The summed E-state index contributed by atoms with van der Waals surface area (Å²) in [6.07, 6.45) is 1.72. The summed E-state index contributed by atoms with van der Waals surface area (Å²) in [4.78, 5) is 4.41. The van der Waals surface area contributed by atoms with Crippen molar-refractivity contribution in [3.8, 4) is 17.2 Å². The smallest absolute Gasteiger partial charge is 0.172 e. The molecule has 0 saturated carbocycles. The third-order valence-electron chi connectivity index (χ3n) is 2.86. The molecule has 2 rings (SSSR count). The molecule has 22 heavy (non-hydrogen) atoms. The van der Waals surface area contributed by atoms with Crippen molar-refractivity contribution >= 4 is 27.8 Å². The van der Waals surface area contributed by atoms with Crippen LogP contribution in [0.2, 0.25) is 0 Å². The first-order valence-electron chi connectivity index (χ1n) is 7.06. The molecule has 0 aliphatic rings. The Labute approximate surface area is 138 Å². The molecule has 1 N–H and O–H groups in total. The largest absolute Gasteiger partial charge is 0.503 e. The van der Waals surface area contributed by atoms with Crippen LogP contribution in [0, 0.1) is 0 Å². The van der Waals surface area contributed by atoms with E-state index in [1.165, 1.54) is 0 Å². The van der Waals surface area contributed by atoms with Crippen molar-refractivity contribution in [3.63, 3.8) is 0 Å². The Balaban J connectivity index is 2.18. The molecule has 116 valence electrons. The molecule has 0 atom stereocenters. The second-order valence-corrected chi connectivity index (χ2v) is 5.32. The summed E-state index contributed by atoms with van der Waals surface area (Å²) in [6, 6.07) is 11.1. The van der Waals surface area contributed by atoms with Gasteiger partial charge >= 0.3 is 0 Å². The molecular formula is C17H18BrNO3. The highest BCUT2D eigenvalue weighted by atomic mass is 79.9. The zero-order valence-electron chi connectivity index (χ0n) is 12.5. The second-order valence-electron chi connectivity index (χ2n) is 4.47. The fraction of sp³-hybridized carbons (Fsp3) is 0.235. The SMILES string of the molecule is CCOc1ccc(N=Cc2cc(Br)c(O)c(OCC)c2)cc1. The maximum Gasteiger partial charge on any atom is 0.172 e. The van der Waals surface area contributed by atoms with Gasteiger partial charge in [-0.15, -0.1) is 0 Å². The number of phenolic OH excluding ortho intramolecular Hbond substituents is 1. The van der Waals surface area contributed by atoms with Crippen molar-refractivity contribution < 1.29 is 14.6 Å². The average Bonchev–Trinajstić information content (AvgIpc) is 2.52. The standard InChI is InChI=1S/C17H18BrNO3/c1-3-21-14-7-5-13(6-8-14)19-11-12-9-15(18)17(20)16(10-12)22-4-2/h5-11,20H,3-4H2,1-2H3. The van der Waals surface area contributed by atoms with Crippen LogP contribution < -0.4 is 9.47 Å². The molecule has 2 aromatic rings. The van der Waals surface area contributed by atoms with Crippen LogP contribution in [-0.4, -0.2) is 24.5 Å². The van der Waals surface area contributed by atoms with Crippen LogP contribution in [0.3, 0.4) is 0 Å². The van der Waals surface area contributed by atoms with Gasteiger partial charge in [0.25, 0.3) is 0 Å².